The molecular formula is C25H29N3O5S. The first kappa shape index (κ1) is 24.0. The normalized spacial score (nSPS) is 18.7. The van der Waals surface area contributed by atoms with E-state index in [0.717, 1.165) is 5.56 Å². The smallest absolute Gasteiger partial charge is 0.242 e. The molecule has 0 saturated carbocycles. The van der Waals surface area contributed by atoms with Crippen molar-refractivity contribution in [2.24, 2.45) is 0 Å². The number of nitrogens with zero attached hydrogens (tertiary/aromatic N) is 2. The quantitative estimate of drug-likeness (QED) is 0.581. The summed E-state index contributed by atoms with van der Waals surface area (Å²) in [7, 11) is -3.95. The monoisotopic (exact) mass is 483 g/mol. The van der Waals surface area contributed by atoms with Gasteiger partial charge in [-0.1, -0.05) is 35.9 Å². The van der Waals surface area contributed by atoms with Crippen LogP contribution in [0.15, 0.2) is 59.6 Å². The number of aromatic nitrogens is 1. The highest BCUT2D eigenvalue weighted by Crippen LogP contribution is 2.27. The summed E-state index contributed by atoms with van der Waals surface area (Å²) in [5, 5.41) is 3.12. The molecule has 8 nitrogen and oxygen atoms in total. The molecule has 1 saturated heterocycles. The molecule has 0 aliphatic carbocycles. The molecule has 180 valence electrons. The number of hydrogen-bond donors (Lipinski definition) is 1. The van der Waals surface area contributed by atoms with Crippen LogP contribution in [-0.2, 0) is 30.7 Å². The second-order valence-electron chi connectivity index (χ2n) is 8.87. The third-order valence-corrected chi connectivity index (χ3v) is 7.46. The minimum Gasteiger partial charge on any atom is -0.372 e. The van der Waals surface area contributed by atoms with Crippen LogP contribution in [0.1, 0.15) is 19.4 Å². The maximum Gasteiger partial charge on any atom is 0.242 e. The van der Waals surface area contributed by atoms with E-state index >= 15 is 0 Å². The SMILES string of the molecule is Cc1ccc(NC(=O)CS(=O)(=O)c2cn(CC(=O)N3CC(C)OC(C)C3)c3ccccc23)cc1. The zero-order chi connectivity index (χ0) is 24.5. The van der Waals surface area contributed by atoms with Gasteiger partial charge in [0.05, 0.1) is 17.1 Å². The largest absolute Gasteiger partial charge is 0.372 e. The lowest BCUT2D eigenvalue weighted by atomic mass is 10.2. The van der Waals surface area contributed by atoms with Crippen LogP contribution < -0.4 is 5.32 Å². The van der Waals surface area contributed by atoms with Crippen molar-refractivity contribution in [1.82, 2.24) is 9.47 Å². The number of aryl methyl sites for hydroxylation is 1. The van der Waals surface area contributed by atoms with Gasteiger partial charge in [-0.25, -0.2) is 8.42 Å². The fourth-order valence-electron chi connectivity index (χ4n) is 4.30. The van der Waals surface area contributed by atoms with Crippen molar-refractivity contribution in [3.8, 4) is 0 Å². The molecule has 9 heteroatoms. The van der Waals surface area contributed by atoms with E-state index in [1.807, 2.05) is 32.9 Å². The molecule has 0 bridgehead atoms. The van der Waals surface area contributed by atoms with E-state index in [4.69, 9.17) is 4.74 Å². The average Bonchev–Trinajstić information content (AvgIpc) is 3.14. The summed E-state index contributed by atoms with van der Waals surface area (Å²) in [5.41, 5.74) is 2.20. The molecule has 1 N–H and O–H groups in total. The summed E-state index contributed by atoms with van der Waals surface area (Å²) >= 11 is 0. The molecule has 3 aromatic rings. The number of morpholine rings is 1. The summed E-state index contributed by atoms with van der Waals surface area (Å²) in [5.74, 6) is -1.42. The van der Waals surface area contributed by atoms with E-state index in [2.05, 4.69) is 5.32 Å². The zero-order valence-corrected chi connectivity index (χ0v) is 20.3. The van der Waals surface area contributed by atoms with E-state index in [1.165, 1.54) is 6.20 Å². The Morgan fingerprint density at radius 2 is 1.68 bits per heavy atom. The number of carbonyl (C=O) groups is 2. The predicted molar refractivity (Wildman–Crippen MR) is 130 cm³/mol. The van der Waals surface area contributed by atoms with Crippen LogP contribution in [0.5, 0.6) is 0 Å². The number of rotatable bonds is 6. The number of hydrogen-bond acceptors (Lipinski definition) is 5. The molecule has 2 heterocycles. The minimum absolute atomic E-state index is 0.00500. The molecule has 0 radical (unpaired) electrons. The fraction of sp³-hybridized carbons (Fsp3) is 0.360. The maximum atomic E-state index is 13.2. The van der Waals surface area contributed by atoms with E-state index in [9.17, 15) is 18.0 Å². The molecule has 4 rings (SSSR count). The van der Waals surface area contributed by atoms with E-state index in [0.29, 0.717) is 29.7 Å². The Morgan fingerprint density at radius 1 is 1.03 bits per heavy atom. The Morgan fingerprint density at radius 3 is 2.35 bits per heavy atom. The van der Waals surface area contributed by atoms with Crippen LogP contribution >= 0.6 is 0 Å². The Labute approximate surface area is 199 Å². The zero-order valence-electron chi connectivity index (χ0n) is 19.5. The first-order chi connectivity index (χ1) is 16.1. The molecule has 34 heavy (non-hydrogen) atoms. The van der Waals surface area contributed by atoms with Gasteiger partial charge in [-0.3, -0.25) is 9.59 Å². The van der Waals surface area contributed by atoms with Crippen molar-refractivity contribution in [3.63, 3.8) is 0 Å². The van der Waals surface area contributed by atoms with Gasteiger partial charge in [0.2, 0.25) is 11.8 Å². The van der Waals surface area contributed by atoms with Crippen LogP contribution in [0.4, 0.5) is 5.69 Å². The van der Waals surface area contributed by atoms with Crippen LogP contribution in [0, 0.1) is 6.92 Å². The molecule has 1 aliphatic rings. The Kier molecular flexibility index (Phi) is 6.77. The van der Waals surface area contributed by atoms with Crippen LogP contribution in [0.25, 0.3) is 10.9 Å². The van der Waals surface area contributed by atoms with E-state index in [-0.39, 0.29) is 29.6 Å². The van der Waals surface area contributed by atoms with E-state index < -0.39 is 21.5 Å². The highest BCUT2D eigenvalue weighted by atomic mass is 32.2. The molecule has 0 spiro atoms. The van der Waals surface area contributed by atoms with Gasteiger partial charge in [0.1, 0.15) is 12.3 Å². The topological polar surface area (TPSA) is 97.7 Å². The predicted octanol–water partition coefficient (Wildman–Crippen LogP) is 3.00. The van der Waals surface area contributed by atoms with Crippen LogP contribution in [0.3, 0.4) is 0 Å². The van der Waals surface area contributed by atoms with Crippen LogP contribution in [-0.4, -0.2) is 60.7 Å². The number of amides is 2. The third kappa shape index (κ3) is 5.31. The van der Waals surface area contributed by atoms with E-state index in [1.54, 1.807) is 45.9 Å². The second kappa shape index (κ2) is 9.60. The number of para-hydroxylation sites is 1. The van der Waals surface area contributed by atoms with Crippen LogP contribution in [0.2, 0.25) is 0 Å². The summed E-state index contributed by atoms with van der Waals surface area (Å²) in [6, 6.07) is 14.1. The lowest BCUT2D eigenvalue weighted by molar-refractivity contribution is -0.143. The minimum atomic E-state index is -3.95. The number of anilines is 1. The molecule has 2 amide bonds. The molecule has 1 aromatic heterocycles. The molecule has 2 atom stereocenters. The fourth-order valence-corrected chi connectivity index (χ4v) is 5.67. The number of fused-ring (bicyclic) bond motifs is 1. The Balaban J connectivity index is 1.56. The average molecular weight is 484 g/mol. The third-order valence-electron chi connectivity index (χ3n) is 5.82. The van der Waals surface area contributed by atoms with Gasteiger partial charge >= 0.3 is 0 Å². The number of benzene rings is 2. The summed E-state index contributed by atoms with van der Waals surface area (Å²) in [6.07, 6.45) is 1.35. The maximum absolute atomic E-state index is 13.2. The van der Waals surface area contributed by atoms with Gasteiger partial charge in [-0.2, -0.15) is 0 Å². The molecule has 1 aliphatic heterocycles. The van der Waals surface area contributed by atoms with Crippen molar-refractivity contribution < 1.29 is 22.7 Å². The summed E-state index contributed by atoms with van der Waals surface area (Å²) in [4.78, 5) is 27.3. The summed E-state index contributed by atoms with van der Waals surface area (Å²) < 4.78 is 33.8. The lowest BCUT2D eigenvalue weighted by Gasteiger charge is -2.35. The number of sulfone groups is 1. The van der Waals surface area contributed by atoms with Gasteiger partial charge in [0.15, 0.2) is 9.84 Å². The number of carbonyl (C=O) groups excluding carboxylic acids is 2. The second-order valence-corrected chi connectivity index (χ2v) is 10.8. The van der Waals surface area contributed by atoms with Gasteiger partial charge in [-0.05, 0) is 39.0 Å². The first-order valence-corrected chi connectivity index (χ1v) is 12.9. The van der Waals surface area contributed by atoms with Gasteiger partial charge < -0.3 is 19.5 Å². The lowest BCUT2D eigenvalue weighted by Crippen LogP contribution is -2.49. The van der Waals surface area contributed by atoms with Crippen molar-refractivity contribution in [3.05, 3.63) is 60.3 Å². The van der Waals surface area contributed by atoms with Gasteiger partial charge in [0, 0.05) is 35.9 Å². The number of nitrogens with one attached hydrogen (secondary N) is 1. The standard InChI is InChI=1S/C25H29N3O5S/c1-17-8-10-20(11-9-17)26-24(29)16-34(31,32)23-14-27(22-7-5-4-6-21(22)23)15-25(30)28-12-18(2)33-19(3)13-28/h4-11,14,18-19H,12-13,15-16H2,1-3H3,(H,26,29). The molecule has 1 fully saturated rings. The molecule has 2 unspecified atom stereocenters. The highest BCUT2D eigenvalue weighted by Gasteiger charge is 2.28. The summed E-state index contributed by atoms with van der Waals surface area (Å²) in [6.45, 7) is 6.77. The first-order valence-electron chi connectivity index (χ1n) is 11.2. The Hall–Kier alpha value is -3.17. The van der Waals surface area contributed by atoms with Crippen molar-refractivity contribution in [2.45, 2.75) is 44.4 Å². The number of ether oxygens (including phenoxy) is 1. The van der Waals surface area contributed by atoms with Crippen molar-refractivity contribution in [1.29, 1.82) is 0 Å². The van der Waals surface area contributed by atoms with Gasteiger partial charge in [0.25, 0.3) is 0 Å². The molecular weight excluding hydrogens is 454 g/mol. The highest BCUT2D eigenvalue weighted by molar-refractivity contribution is 7.92. The van der Waals surface area contributed by atoms with Gasteiger partial charge in [-0.15, -0.1) is 0 Å². The van der Waals surface area contributed by atoms with Crippen molar-refractivity contribution in [2.75, 3.05) is 24.2 Å². The Bertz CT molecular complexity index is 1300. The van der Waals surface area contributed by atoms with Crippen molar-refractivity contribution >= 4 is 38.2 Å². The molecule has 2 aromatic carbocycles.